The summed E-state index contributed by atoms with van der Waals surface area (Å²) in [7, 11) is 1.74. The van der Waals surface area contributed by atoms with Crippen molar-refractivity contribution in [1.82, 2.24) is 15.1 Å². The summed E-state index contributed by atoms with van der Waals surface area (Å²) in [5.41, 5.74) is 0. The van der Waals surface area contributed by atoms with Gasteiger partial charge in [-0.15, -0.1) is 0 Å². The third-order valence-corrected chi connectivity index (χ3v) is 5.33. The van der Waals surface area contributed by atoms with Crippen molar-refractivity contribution in [3.05, 3.63) is 0 Å². The molecule has 1 atom stereocenters. The number of rotatable bonds is 10. The van der Waals surface area contributed by atoms with Crippen LogP contribution < -0.4 is 5.32 Å². The van der Waals surface area contributed by atoms with Gasteiger partial charge in [-0.05, 0) is 58.0 Å². The summed E-state index contributed by atoms with van der Waals surface area (Å²) in [4.78, 5) is 9.97. The van der Waals surface area contributed by atoms with Crippen LogP contribution in [0.5, 0.6) is 0 Å². The summed E-state index contributed by atoms with van der Waals surface area (Å²) >= 11 is 0. The zero-order chi connectivity index (χ0) is 18.6. The Hall–Kier alpha value is -0.850. The lowest BCUT2D eigenvalue weighted by molar-refractivity contribution is 0.00989. The maximum atomic E-state index is 5.98. The molecule has 0 spiro atoms. The Morgan fingerprint density at radius 1 is 1.12 bits per heavy atom. The molecule has 0 aromatic rings. The zero-order valence-electron chi connectivity index (χ0n) is 17.2. The first-order valence-electron chi connectivity index (χ1n) is 10.6. The van der Waals surface area contributed by atoms with E-state index >= 15 is 0 Å². The minimum atomic E-state index is 0.392. The van der Waals surface area contributed by atoms with E-state index in [1.54, 1.807) is 7.11 Å². The summed E-state index contributed by atoms with van der Waals surface area (Å²) in [5.74, 6) is 1.82. The summed E-state index contributed by atoms with van der Waals surface area (Å²) in [5, 5.41) is 3.49. The Kier molecular flexibility index (Phi) is 10.3. The minimum Gasteiger partial charge on any atom is -0.385 e. The second-order valence-electron chi connectivity index (χ2n) is 7.55. The van der Waals surface area contributed by atoms with Crippen LogP contribution in [0.15, 0.2) is 4.99 Å². The van der Waals surface area contributed by atoms with Crippen LogP contribution in [0.25, 0.3) is 0 Å². The van der Waals surface area contributed by atoms with Crippen LogP contribution >= 0.6 is 0 Å². The van der Waals surface area contributed by atoms with Crippen molar-refractivity contribution in [3.63, 3.8) is 0 Å². The number of likely N-dealkylation sites (tertiary alicyclic amines) is 2. The molecule has 0 radical (unpaired) electrons. The molecule has 0 saturated carbocycles. The molecule has 2 aliphatic heterocycles. The molecule has 6 nitrogen and oxygen atoms in total. The first kappa shape index (κ1) is 21.5. The highest BCUT2D eigenvalue weighted by molar-refractivity contribution is 5.80. The maximum Gasteiger partial charge on any atom is 0.193 e. The lowest BCUT2D eigenvalue weighted by Gasteiger charge is -2.34. The van der Waals surface area contributed by atoms with Crippen molar-refractivity contribution in [2.45, 2.75) is 52.1 Å². The summed E-state index contributed by atoms with van der Waals surface area (Å²) < 4.78 is 11.1. The average molecular weight is 369 g/mol. The van der Waals surface area contributed by atoms with Crippen LogP contribution in [0.2, 0.25) is 0 Å². The Bertz CT molecular complexity index is 397. The van der Waals surface area contributed by atoms with Crippen LogP contribution in [0.4, 0.5) is 0 Å². The third kappa shape index (κ3) is 7.41. The molecule has 6 heteroatoms. The second-order valence-corrected chi connectivity index (χ2v) is 7.55. The van der Waals surface area contributed by atoms with Gasteiger partial charge in [-0.25, -0.2) is 0 Å². The maximum absolute atomic E-state index is 5.98. The molecule has 152 valence electrons. The third-order valence-electron chi connectivity index (χ3n) is 5.33. The first-order chi connectivity index (χ1) is 12.8. The van der Waals surface area contributed by atoms with Gasteiger partial charge in [0.15, 0.2) is 5.96 Å². The minimum absolute atomic E-state index is 0.392. The van der Waals surface area contributed by atoms with Crippen molar-refractivity contribution >= 4 is 5.96 Å². The number of piperidine rings is 1. The molecule has 0 aromatic heterocycles. The molecule has 1 unspecified atom stereocenters. The van der Waals surface area contributed by atoms with E-state index in [2.05, 4.69) is 29.0 Å². The van der Waals surface area contributed by atoms with E-state index in [1.807, 2.05) is 0 Å². The SMILES string of the molecule is CCCN1CCC(CN=C(NCC)N2CCC(OCCCOC)CC2)C1. The van der Waals surface area contributed by atoms with Crippen molar-refractivity contribution in [2.75, 3.05) is 66.1 Å². The number of guanidine groups is 1. The van der Waals surface area contributed by atoms with E-state index < -0.39 is 0 Å². The number of ether oxygens (including phenoxy) is 2. The predicted molar refractivity (Wildman–Crippen MR) is 108 cm³/mol. The molecule has 2 fully saturated rings. The van der Waals surface area contributed by atoms with Gasteiger partial charge in [0.25, 0.3) is 0 Å². The molecule has 0 amide bonds. The number of aliphatic imine (C=N–C) groups is 1. The standard InChI is InChI=1S/C20H40N4O2/c1-4-10-23-11-7-18(17-23)16-22-20(21-5-2)24-12-8-19(9-13-24)26-15-6-14-25-3/h18-19H,4-17H2,1-3H3,(H,21,22). The van der Waals surface area contributed by atoms with Gasteiger partial charge >= 0.3 is 0 Å². The van der Waals surface area contributed by atoms with Crippen LogP contribution in [0.3, 0.4) is 0 Å². The quantitative estimate of drug-likeness (QED) is 0.364. The van der Waals surface area contributed by atoms with Crippen LogP contribution in [-0.4, -0.2) is 88.0 Å². The molecule has 2 saturated heterocycles. The first-order valence-corrected chi connectivity index (χ1v) is 10.6. The van der Waals surface area contributed by atoms with Gasteiger partial charge in [-0.2, -0.15) is 0 Å². The van der Waals surface area contributed by atoms with Crippen molar-refractivity contribution in [2.24, 2.45) is 10.9 Å². The molecule has 0 bridgehead atoms. The fourth-order valence-electron chi connectivity index (χ4n) is 3.91. The molecule has 1 N–H and O–H groups in total. The highest BCUT2D eigenvalue weighted by Gasteiger charge is 2.24. The normalized spacial score (nSPS) is 23.0. The number of nitrogens with zero attached hydrogens (tertiary/aromatic N) is 3. The number of nitrogens with one attached hydrogen (secondary N) is 1. The Balaban J connectivity index is 1.73. The van der Waals surface area contributed by atoms with E-state index in [0.29, 0.717) is 6.10 Å². The molecule has 26 heavy (non-hydrogen) atoms. The summed E-state index contributed by atoms with van der Waals surface area (Å²) in [6.07, 6.45) is 6.10. The van der Waals surface area contributed by atoms with Crippen molar-refractivity contribution < 1.29 is 9.47 Å². The average Bonchev–Trinajstić information content (AvgIpc) is 3.11. The van der Waals surface area contributed by atoms with Gasteiger partial charge in [-0.3, -0.25) is 4.99 Å². The van der Waals surface area contributed by atoms with Crippen LogP contribution in [0.1, 0.15) is 46.0 Å². The summed E-state index contributed by atoms with van der Waals surface area (Å²) in [6.45, 7) is 13.7. The molecular weight excluding hydrogens is 328 g/mol. The molecule has 0 aromatic carbocycles. The Labute approximate surface area is 160 Å². The number of hydrogen-bond donors (Lipinski definition) is 1. The van der Waals surface area contributed by atoms with Gasteiger partial charge in [0, 0.05) is 53.0 Å². The summed E-state index contributed by atoms with van der Waals surface area (Å²) in [6, 6.07) is 0. The van der Waals surface area contributed by atoms with E-state index in [4.69, 9.17) is 14.5 Å². The molecule has 2 rings (SSSR count). The highest BCUT2D eigenvalue weighted by atomic mass is 16.5. The smallest absolute Gasteiger partial charge is 0.193 e. The lowest BCUT2D eigenvalue weighted by atomic mass is 10.1. The predicted octanol–water partition coefficient (Wildman–Crippen LogP) is 2.20. The Morgan fingerprint density at radius 3 is 2.62 bits per heavy atom. The number of hydrogen-bond acceptors (Lipinski definition) is 4. The molecule has 2 aliphatic rings. The van der Waals surface area contributed by atoms with Crippen molar-refractivity contribution in [3.8, 4) is 0 Å². The monoisotopic (exact) mass is 368 g/mol. The fraction of sp³-hybridized carbons (Fsp3) is 0.950. The van der Waals surface area contributed by atoms with Crippen molar-refractivity contribution in [1.29, 1.82) is 0 Å². The van der Waals surface area contributed by atoms with Gasteiger partial charge in [0.2, 0.25) is 0 Å². The highest BCUT2D eigenvalue weighted by Crippen LogP contribution is 2.18. The van der Waals surface area contributed by atoms with Gasteiger partial charge in [-0.1, -0.05) is 6.92 Å². The second kappa shape index (κ2) is 12.5. The molecule has 2 heterocycles. The van der Waals surface area contributed by atoms with Crippen LogP contribution in [0, 0.1) is 5.92 Å². The van der Waals surface area contributed by atoms with Gasteiger partial charge < -0.3 is 24.6 Å². The van der Waals surface area contributed by atoms with Crippen LogP contribution in [-0.2, 0) is 9.47 Å². The zero-order valence-corrected chi connectivity index (χ0v) is 17.2. The molecular formula is C20H40N4O2. The lowest BCUT2D eigenvalue weighted by Crippen LogP contribution is -2.47. The van der Waals surface area contributed by atoms with E-state index in [0.717, 1.165) is 70.5 Å². The Morgan fingerprint density at radius 2 is 1.92 bits per heavy atom. The largest absolute Gasteiger partial charge is 0.385 e. The van der Waals surface area contributed by atoms with Gasteiger partial charge in [0.1, 0.15) is 0 Å². The fourth-order valence-corrected chi connectivity index (χ4v) is 3.91. The van der Waals surface area contributed by atoms with Gasteiger partial charge in [0.05, 0.1) is 6.10 Å². The van der Waals surface area contributed by atoms with E-state index in [-0.39, 0.29) is 0 Å². The molecule has 0 aliphatic carbocycles. The van der Waals surface area contributed by atoms with E-state index in [1.165, 1.54) is 32.5 Å². The topological polar surface area (TPSA) is 49.3 Å². The number of methoxy groups -OCH3 is 1. The van der Waals surface area contributed by atoms with E-state index in [9.17, 15) is 0 Å².